The Morgan fingerprint density at radius 2 is 1.55 bits per heavy atom. The molecule has 214 valence electrons. The zero-order valence-electron chi connectivity index (χ0n) is 22.3. The van der Waals surface area contributed by atoms with Gasteiger partial charge in [0.25, 0.3) is 10.0 Å². The molecular weight excluding hydrogens is 593 g/mol. The molecule has 2 amide bonds. The average Bonchev–Trinajstić information content (AvgIpc) is 2.93. The second-order valence-corrected chi connectivity index (χ2v) is 12.3. The van der Waals surface area contributed by atoms with Crippen LogP contribution < -0.4 is 9.62 Å². The Bertz CT molecular complexity index is 1400. The van der Waals surface area contributed by atoms with Gasteiger partial charge in [-0.15, -0.1) is 0 Å². The van der Waals surface area contributed by atoms with Gasteiger partial charge in [0, 0.05) is 28.2 Å². The SMILES string of the molecule is CCCCNC(=O)[C@@H](CC)N(Cc1ccc(Cl)cc1Cl)C(=O)CN(c1ccccc1)S(=O)(=O)c1ccc(Cl)cc1. The molecule has 3 aromatic carbocycles. The molecule has 11 heteroatoms. The number of rotatable bonds is 13. The van der Waals surface area contributed by atoms with Crippen molar-refractivity contribution in [3.8, 4) is 0 Å². The topological polar surface area (TPSA) is 86.8 Å². The molecule has 0 unspecified atom stereocenters. The zero-order chi connectivity index (χ0) is 29.3. The number of amides is 2. The van der Waals surface area contributed by atoms with Crippen molar-refractivity contribution in [1.29, 1.82) is 0 Å². The quantitative estimate of drug-likeness (QED) is 0.218. The van der Waals surface area contributed by atoms with Crippen molar-refractivity contribution in [2.45, 2.75) is 50.6 Å². The molecule has 3 aromatic rings. The van der Waals surface area contributed by atoms with Crippen molar-refractivity contribution in [2.75, 3.05) is 17.4 Å². The minimum absolute atomic E-state index is 0.0157. The normalized spacial score (nSPS) is 12.0. The van der Waals surface area contributed by atoms with Crippen molar-refractivity contribution in [1.82, 2.24) is 10.2 Å². The van der Waals surface area contributed by atoms with Gasteiger partial charge in [0.05, 0.1) is 10.6 Å². The molecule has 1 atom stereocenters. The first-order valence-electron chi connectivity index (χ1n) is 12.9. The summed E-state index contributed by atoms with van der Waals surface area (Å²) in [6.45, 7) is 3.72. The van der Waals surface area contributed by atoms with E-state index < -0.39 is 28.5 Å². The van der Waals surface area contributed by atoms with Gasteiger partial charge in [0.2, 0.25) is 11.8 Å². The van der Waals surface area contributed by atoms with Gasteiger partial charge < -0.3 is 10.2 Å². The molecule has 0 aromatic heterocycles. The third kappa shape index (κ3) is 8.13. The van der Waals surface area contributed by atoms with E-state index in [0.717, 1.165) is 17.1 Å². The molecule has 7 nitrogen and oxygen atoms in total. The summed E-state index contributed by atoms with van der Waals surface area (Å²) in [5.41, 5.74) is 0.877. The number of halogens is 3. The van der Waals surface area contributed by atoms with Gasteiger partial charge in [0.1, 0.15) is 12.6 Å². The lowest BCUT2D eigenvalue weighted by Crippen LogP contribution is -2.52. The van der Waals surface area contributed by atoms with Crippen molar-refractivity contribution in [3.05, 3.63) is 93.4 Å². The molecule has 0 fully saturated rings. The summed E-state index contributed by atoms with van der Waals surface area (Å²) in [5, 5.41) is 4.04. The van der Waals surface area contributed by atoms with Gasteiger partial charge in [-0.05, 0) is 66.9 Å². The number of carbonyl (C=O) groups is 2. The second kappa shape index (κ2) is 14.7. The first kappa shape index (κ1) is 31.7. The molecule has 0 saturated carbocycles. The van der Waals surface area contributed by atoms with E-state index in [1.165, 1.54) is 29.2 Å². The first-order chi connectivity index (χ1) is 19.1. The van der Waals surface area contributed by atoms with Crippen molar-refractivity contribution < 1.29 is 18.0 Å². The van der Waals surface area contributed by atoms with Crippen LogP contribution in [0.3, 0.4) is 0 Å². The van der Waals surface area contributed by atoms with Crippen molar-refractivity contribution >= 4 is 62.3 Å². The van der Waals surface area contributed by atoms with Crippen LogP contribution in [-0.4, -0.2) is 44.3 Å². The number of hydrogen-bond acceptors (Lipinski definition) is 4. The average molecular weight is 625 g/mol. The summed E-state index contributed by atoms with van der Waals surface area (Å²) < 4.78 is 28.6. The predicted octanol–water partition coefficient (Wildman–Crippen LogP) is 6.57. The standard InChI is InChI=1S/C29H32Cl3N3O4S/c1-3-5-17-33-29(37)27(4-2)34(19-21-11-12-23(31)18-26(21)32)28(36)20-35(24-9-7-6-8-10-24)40(38,39)25-15-13-22(30)14-16-25/h6-16,18,27H,3-5,17,19-20H2,1-2H3,(H,33,37)/t27-/m1/s1. The highest BCUT2D eigenvalue weighted by atomic mass is 35.5. The lowest BCUT2D eigenvalue weighted by atomic mass is 10.1. The molecule has 0 spiro atoms. The van der Waals surface area contributed by atoms with Gasteiger partial charge >= 0.3 is 0 Å². The number of hydrogen-bond donors (Lipinski definition) is 1. The van der Waals surface area contributed by atoms with E-state index in [4.69, 9.17) is 34.8 Å². The summed E-state index contributed by atoms with van der Waals surface area (Å²) in [7, 11) is -4.17. The van der Waals surface area contributed by atoms with E-state index in [-0.39, 0.29) is 17.3 Å². The first-order valence-corrected chi connectivity index (χ1v) is 15.5. The Balaban J connectivity index is 2.03. The van der Waals surface area contributed by atoms with Gasteiger partial charge in [0.15, 0.2) is 0 Å². The maximum Gasteiger partial charge on any atom is 0.264 e. The largest absolute Gasteiger partial charge is 0.354 e. The monoisotopic (exact) mass is 623 g/mol. The highest BCUT2D eigenvalue weighted by Crippen LogP contribution is 2.27. The van der Waals surface area contributed by atoms with Crippen LogP contribution in [0.2, 0.25) is 15.1 Å². The molecule has 0 aliphatic heterocycles. The van der Waals surface area contributed by atoms with Crippen LogP contribution >= 0.6 is 34.8 Å². The number of benzene rings is 3. The highest BCUT2D eigenvalue weighted by molar-refractivity contribution is 7.92. The number of carbonyl (C=O) groups excluding carboxylic acids is 2. The van der Waals surface area contributed by atoms with E-state index in [1.807, 2.05) is 6.92 Å². The Kier molecular flexibility index (Phi) is 11.7. The number of anilines is 1. The Labute approximate surface area is 251 Å². The molecule has 0 aliphatic carbocycles. The van der Waals surface area contributed by atoms with Gasteiger partial charge in [-0.3, -0.25) is 13.9 Å². The minimum atomic E-state index is -4.17. The van der Waals surface area contributed by atoms with Crippen LogP contribution in [0, 0.1) is 0 Å². The number of para-hydroxylation sites is 1. The smallest absolute Gasteiger partial charge is 0.264 e. The number of sulfonamides is 1. The third-order valence-corrected chi connectivity index (χ3v) is 8.92. The number of unbranched alkanes of at least 4 members (excludes halogenated alkanes) is 1. The second-order valence-electron chi connectivity index (χ2n) is 9.13. The molecule has 0 heterocycles. The molecular formula is C29H32Cl3N3O4S. The minimum Gasteiger partial charge on any atom is -0.354 e. The molecule has 0 saturated heterocycles. The number of nitrogens with one attached hydrogen (secondary N) is 1. The molecule has 0 aliphatic rings. The highest BCUT2D eigenvalue weighted by Gasteiger charge is 2.33. The predicted molar refractivity (Wildman–Crippen MR) is 161 cm³/mol. The summed E-state index contributed by atoms with van der Waals surface area (Å²) in [6.07, 6.45) is 2.00. The van der Waals surface area contributed by atoms with Crippen LogP contribution in [0.5, 0.6) is 0 Å². The van der Waals surface area contributed by atoms with Crippen LogP contribution in [0.4, 0.5) is 5.69 Å². The van der Waals surface area contributed by atoms with Gasteiger partial charge in [-0.2, -0.15) is 0 Å². The van der Waals surface area contributed by atoms with E-state index in [1.54, 1.807) is 55.5 Å². The maximum absolute atomic E-state index is 14.0. The molecule has 0 radical (unpaired) electrons. The van der Waals surface area contributed by atoms with Crippen LogP contribution in [0.15, 0.2) is 77.7 Å². The Morgan fingerprint density at radius 3 is 2.15 bits per heavy atom. The third-order valence-electron chi connectivity index (χ3n) is 6.30. The molecule has 3 rings (SSSR count). The summed E-state index contributed by atoms with van der Waals surface area (Å²) in [5.74, 6) is -0.883. The molecule has 1 N–H and O–H groups in total. The lowest BCUT2D eigenvalue weighted by molar-refractivity contribution is -0.140. The summed E-state index contributed by atoms with van der Waals surface area (Å²) in [4.78, 5) is 28.6. The van der Waals surface area contributed by atoms with Gasteiger partial charge in [-0.1, -0.05) is 79.3 Å². The number of nitrogens with zero attached hydrogens (tertiary/aromatic N) is 2. The Morgan fingerprint density at radius 1 is 0.900 bits per heavy atom. The lowest BCUT2D eigenvalue weighted by Gasteiger charge is -2.33. The van der Waals surface area contributed by atoms with Crippen LogP contribution in [0.1, 0.15) is 38.7 Å². The zero-order valence-corrected chi connectivity index (χ0v) is 25.4. The summed E-state index contributed by atoms with van der Waals surface area (Å²) in [6, 6.07) is 18.1. The van der Waals surface area contributed by atoms with Crippen LogP contribution in [0.25, 0.3) is 0 Å². The fourth-order valence-corrected chi connectivity index (χ4v) is 6.12. The fourth-order valence-electron chi connectivity index (χ4n) is 4.12. The van der Waals surface area contributed by atoms with E-state index in [9.17, 15) is 18.0 Å². The molecule has 0 bridgehead atoms. The van der Waals surface area contributed by atoms with E-state index in [2.05, 4.69) is 5.32 Å². The van der Waals surface area contributed by atoms with Crippen molar-refractivity contribution in [3.63, 3.8) is 0 Å². The van der Waals surface area contributed by atoms with E-state index in [0.29, 0.717) is 39.3 Å². The van der Waals surface area contributed by atoms with Crippen molar-refractivity contribution in [2.24, 2.45) is 0 Å². The van der Waals surface area contributed by atoms with Gasteiger partial charge in [-0.25, -0.2) is 8.42 Å². The fraction of sp³-hybridized carbons (Fsp3) is 0.310. The summed E-state index contributed by atoms with van der Waals surface area (Å²) >= 11 is 18.5. The van der Waals surface area contributed by atoms with E-state index >= 15 is 0 Å². The molecule has 40 heavy (non-hydrogen) atoms. The maximum atomic E-state index is 14.0. The Hall–Kier alpha value is -2.78. The van der Waals surface area contributed by atoms with Crippen LogP contribution in [-0.2, 0) is 26.2 Å².